The summed E-state index contributed by atoms with van der Waals surface area (Å²) in [6.45, 7) is 3.76. The number of amides is 2. The van der Waals surface area contributed by atoms with Crippen molar-refractivity contribution in [3.05, 3.63) is 48.4 Å². The highest BCUT2D eigenvalue weighted by Crippen LogP contribution is 2.15. The number of benzene rings is 1. The topological polar surface area (TPSA) is 102 Å². The molecule has 2 heterocycles. The molecule has 0 unspecified atom stereocenters. The Bertz CT molecular complexity index is 827. The zero-order valence-electron chi connectivity index (χ0n) is 14.8. The van der Waals surface area contributed by atoms with Gasteiger partial charge >= 0.3 is 6.03 Å². The Labute approximate surface area is 151 Å². The number of hydrogen-bond acceptors (Lipinski definition) is 6. The number of carbonyl (C=O) groups excluding carboxylic acids is 1. The molecule has 3 rings (SSSR count). The smallest absolute Gasteiger partial charge is 0.317 e. The second-order valence-electron chi connectivity index (χ2n) is 5.91. The average molecular weight is 355 g/mol. The molecular formula is C17H21N7O2. The molecule has 0 fully saturated rings. The van der Waals surface area contributed by atoms with Gasteiger partial charge in [-0.1, -0.05) is 36.3 Å². The Hall–Kier alpha value is -3.23. The fourth-order valence-corrected chi connectivity index (χ4v) is 2.50. The summed E-state index contributed by atoms with van der Waals surface area (Å²) < 4.78 is 6.69. The lowest BCUT2D eigenvalue weighted by Crippen LogP contribution is -2.37. The summed E-state index contributed by atoms with van der Waals surface area (Å²) in [6.07, 6.45) is 3.97. The Morgan fingerprint density at radius 1 is 1.31 bits per heavy atom. The highest BCUT2D eigenvalue weighted by molar-refractivity contribution is 5.73. The molecule has 2 amide bonds. The van der Waals surface area contributed by atoms with Gasteiger partial charge in [-0.3, -0.25) is 0 Å². The molecule has 0 atom stereocenters. The molecule has 3 aromatic rings. The predicted octanol–water partition coefficient (Wildman–Crippen LogP) is 2.08. The van der Waals surface area contributed by atoms with Crippen molar-refractivity contribution in [1.82, 2.24) is 35.1 Å². The quantitative estimate of drug-likeness (QED) is 0.696. The van der Waals surface area contributed by atoms with Crippen molar-refractivity contribution >= 4 is 6.03 Å². The summed E-state index contributed by atoms with van der Waals surface area (Å²) >= 11 is 0. The van der Waals surface area contributed by atoms with Crippen LogP contribution in [0.5, 0.6) is 0 Å². The largest absolute Gasteiger partial charge is 0.342 e. The van der Waals surface area contributed by atoms with Gasteiger partial charge in [0.05, 0.1) is 6.54 Å². The van der Waals surface area contributed by atoms with E-state index < -0.39 is 0 Å². The number of nitrogens with one attached hydrogen (secondary N) is 1. The first kappa shape index (κ1) is 17.6. The third kappa shape index (κ3) is 4.24. The van der Waals surface area contributed by atoms with Gasteiger partial charge in [0, 0.05) is 25.7 Å². The lowest BCUT2D eigenvalue weighted by molar-refractivity contribution is 0.204. The van der Waals surface area contributed by atoms with Crippen molar-refractivity contribution in [3.63, 3.8) is 0 Å². The summed E-state index contributed by atoms with van der Waals surface area (Å²) in [5.74, 6) is 1.31. The minimum absolute atomic E-state index is 0.168. The number of hydrogen-bond donors (Lipinski definition) is 1. The molecule has 2 aromatic heterocycles. The maximum atomic E-state index is 12.3. The summed E-state index contributed by atoms with van der Waals surface area (Å²) in [5.41, 5.74) is 1.84. The summed E-state index contributed by atoms with van der Waals surface area (Å²) in [6, 6.07) is 7.46. The van der Waals surface area contributed by atoms with Gasteiger partial charge in [0.25, 0.3) is 0 Å². The van der Waals surface area contributed by atoms with Crippen LogP contribution in [0.3, 0.4) is 0 Å². The molecule has 0 radical (unpaired) electrons. The van der Waals surface area contributed by atoms with E-state index in [4.69, 9.17) is 4.52 Å². The van der Waals surface area contributed by atoms with E-state index in [-0.39, 0.29) is 6.03 Å². The number of nitrogens with zero attached hydrogens (tertiary/aromatic N) is 6. The lowest BCUT2D eigenvalue weighted by atomic mass is 10.1. The maximum Gasteiger partial charge on any atom is 0.317 e. The molecule has 1 N–H and O–H groups in total. The Kier molecular flexibility index (Phi) is 5.57. The first-order chi connectivity index (χ1) is 12.7. The number of rotatable bonds is 7. The first-order valence-electron chi connectivity index (χ1n) is 8.38. The minimum Gasteiger partial charge on any atom is -0.342 e. The van der Waals surface area contributed by atoms with Gasteiger partial charge in [0.1, 0.15) is 6.33 Å². The van der Waals surface area contributed by atoms with Gasteiger partial charge in [0.2, 0.25) is 12.2 Å². The molecule has 9 heteroatoms. The number of carbonyl (C=O) groups is 1. The van der Waals surface area contributed by atoms with Gasteiger partial charge in [-0.2, -0.15) is 4.98 Å². The SMILES string of the molecule is CCCn1cnnc1CN(C)C(=O)NCc1ccc(-c2ncon2)cc1. The van der Waals surface area contributed by atoms with Crippen molar-refractivity contribution in [2.45, 2.75) is 33.0 Å². The number of aryl methyl sites for hydroxylation is 1. The number of urea groups is 1. The van der Waals surface area contributed by atoms with Gasteiger partial charge < -0.3 is 19.3 Å². The van der Waals surface area contributed by atoms with Crippen LogP contribution in [0.15, 0.2) is 41.5 Å². The molecule has 0 aliphatic rings. The van der Waals surface area contributed by atoms with E-state index in [2.05, 4.69) is 32.6 Å². The highest BCUT2D eigenvalue weighted by atomic mass is 16.5. The normalized spacial score (nSPS) is 10.7. The Morgan fingerprint density at radius 3 is 2.81 bits per heavy atom. The van der Waals surface area contributed by atoms with Gasteiger partial charge in [0.15, 0.2) is 5.82 Å². The predicted molar refractivity (Wildman–Crippen MR) is 93.7 cm³/mol. The van der Waals surface area contributed by atoms with E-state index in [0.717, 1.165) is 29.9 Å². The van der Waals surface area contributed by atoms with Crippen LogP contribution < -0.4 is 5.32 Å². The van der Waals surface area contributed by atoms with E-state index in [1.807, 2.05) is 28.8 Å². The summed E-state index contributed by atoms with van der Waals surface area (Å²) in [7, 11) is 1.74. The molecular weight excluding hydrogens is 334 g/mol. The highest BCUT2D eigenvalue weighted by Gasteiger charge is 2.13. The summed E-state index contributed by atoms with van der Waals surface area (Å²) in [4.78, 5) is 17.9. The van der Waals surface area contributed by atoms with Crippen LogP contribution in [-0.2, 0) is 19.6 Å². The van der Waals surface area contributed by atoms with E-state index in [9.17, 15) is 4.79 Å². The van der Waals surface area contributed by atoms with Crippen LogP contribution in [0.25, 0.3) is 11.4 Å². The van der Waals surface area contributed by atoms with Crippen LogP contribution in [0.1, 0.15) is 24.7 Å². The second kappa shape index (κ2) is 8.24. The van der Waals surface area contributed by atoms with Crippen molar-refractivity contribution in [1.29, 1.82) is 0 Å². The molecule has 1 aromatic carbocycles. The molecule has 0 aliphatic carbocycles. The van der Waals surface area contributed by atoms with Crippen molar-refractivity contribution in [3.8, 4) is 11.4 Å². The van der Waals surface area contributed by atoms with Gasteiger partial charge in [-0.15, -0.1) is 10.2 Å². The first-order valence-corrected chi connectivity index (χ1v) is 8.38. The molecule has 136 valence electrons. The van der Waals surface area contributed by atoms with Crippen molar-refractivity contribution < 1.29 is 9.32 Å². The number of aromatic nitrogens is 5. The molecule has 0 saturated heterocycles. The molecule has 26 heavy (non-hydrogen) atoms. The van der Waals surface area contributed by atoms with Crippen molar-refractivity contribution in [2.24, 2.45) is 0 Å². The minimum atomic E-state index is -0.168. The second-order valence-corrected chi connectivity index (χ2v) is 5.91. The zero-order chi connectivity index (χ0) is 18.4. The third-order valence-corrected chi connectivity index (χ3v) is 3.90. The van der Waals surface area contributed by atoms with Crippen LogP contribution >= 0.6 is 0 Å². The fourth-order valence-electron chi connectivity index (χ4n) is 2.50. The summed E-state index contributed by atoms with van der Waals surface area (Å²) in [5, 5.41) is 14.7. The average Bonchev–Trinajstić information content (AvgIpc) is 3.33. The molecule has 0 bridgehead atoms. The van der Waals surface area contributed by atoms with Crippen LogP contribution in [0, 0.1) is 0 Å². The lowest BCUT2D eigenvalue weighted by Gasteiger charge is -2.18. The van der Waals surface area contributed by atoms with E-state index >= 15 is 0 Å². The monoisotopic (exact) mass is 355 g/mol. The molecule has 0 aliphatic heterocycles. The van der Waals surface area contributed by atoms with Gasteiger partial charge in [-0.05, 0) is 12.0 Å². The Balaban J connectivity index is 1.52. The molecule has 9 nitrogen and oxygen atoms in total. The van der Waals surface area contributed by atoms with Crippen LogP contribution in [-0.4, -0.2) is 42.9 Å². The van der Waals surface area contributed by atoms with E-state index in [1.165, 1.54) is 6.39 Å². The van der Waals surface area contributed by atoms with E-state index in [0.29, 0.717) is 18.9 Å². The zero-order valence-corrected chi connectivity index (χ0v) is 14.8. The molecule has 0 spiro atoms. The molecule has 0 saturated carbocycles. The van der Waals surface area contributed by atoms with Crippen LogP contribution in [0.2, 0.25) is 0 Å². The van der Waals surface area contributed by atoms with Gasteiger partial charge in [-0.25, -0.2) is 4.79 Å². The van der Waals surface area contributed by atoms with E-state index in [1.54, 1.807) is 18.3 Å². The maximum absolute atomic E-state index is 12.3. The fraction of sp³-hybridized carbons (Fsp3) is 0.353. The third-order valence-electron chi connectivity index (χ3n) is 3.90. The van der Waals surface area contributed by atoms with Crippen LogP contribution in [0.4, 0.5) is 4.79 Å². The standard InChI is InChI=1S/C17H21N7O2/c1-3-8-24-11-20-21-15(24)10-23(2)17(25)18-9-13-4-6-14(7-5-13)16-19-12-26-22-16/h4-7,11-12H,3,8-10H2,1-2H3,(H,18,25). The van der Waals surface area contributed by atoms with Crippen molar-refractivity contribution in [2.75, 3.05) is 7.05 Å². The Morgan fingerprint density at radius 2 is 2.12 bits per heavy atom.